The fraction of sp³-hybridized carbons (Fsp3) is 0.286. The van der Waals surface area contributed by atoms with Crippen LogP contribution in [-0.2, 0) is 4.79 Å². The molecule has 10 heavy (non-hydrogen) atoms. The summed E-state index contributed by atoms with van der Waals surface area (Å²) in [5, 5.41) is 9.34. The van der Waals surface area contributed by atoms with Crippen molar-refractivity contribution in [3.63, 3.8) is 0 Å². The van der Waals surface area contributed by atoms with E-state index in [4.69, 9.17) is 11.6 Å². The van der Waals surface area contributed by atoms with E-state index in [0.29, 0.717) is 0 Å². The molecule has 3 heteroatoms. The molecule has 0 aromatic heterocycles. The maximum absolute atomic E-state index is 10.7. The second kappa shape index (κ2) is 2.22. The van der Waals surface area contributed by atoms with Crippen LogP contribution in [-0.4, -0.2) is 16.5 Å². The van der Waals surface area contributed by atoms with Crippen molar-refractivity contribution < 1.29 is 9.90 Å². The molecule has 1 unspecified atom stereocenters. The Bertz CT molecular complexity index is 226. The number of rotatable bonds is 0. The van der Waals surface area contributed by atoms with Crippen LogP contribution < -0.4 is 0 Å². The summed E-state index contributed by atoms with van der Waals surface area (Å²) in [4.78, 5) is 10.7. The highest BCUT2D eigenvalue weighted by atomic mass is 35.5. The first kappa shape index (κ1) is 7.51. The Balaban J connectivity index is 2.95. The van der Waals surface area contributed by atoms with Gasteiger partial charge in [-0.1, -0.05) is 11.6 Å². The van der Waals surface area contributed by atoms with Crippen LogP contribution in [0.4, 0.5) is 0 Å². The second-order valence-corrected chi connectivity index (χ2v) is 2.82. The van der Waals surface area contributed by atoms with Crippen LogP contribution in [0.3, 0.4) is 0 Å². The molecule has 2 nitrogen and oxygen atoms in total. The van der Waals surface area contributed by atoms with Crippen LogP contribution in [0.25, 0.3) is 0 Å². The minimum Gasteiger partial charge on any atom is -0.382 e. The number of carbonyl (C=O) groups is 1. The largest absolute Gasteiger partial charge is 0.382 e. The van der Waals surface area contributed by atoms with Gasteiger partial charge in [-0.25, -0.2) is 0 Å². The Kier molecular flexibility index (Phi) is 1.67. The normalized spacial score (nSPS) is 32.3. The average Bonchev–Trinajstić information content (AvgIpc) is 1.79. The van der Waals surface area contributed by atoms with Gasteiger partial charge in [0, 0.05) is 0 Å². The van der Waals surface area contributed by atoms with Crippen LogP contribution in [0.15, 0.2) is 23.3 Å². The molecule has 0 amide bonds. The van der Waals surface area contributed by atoms with Gasteiger partial charge in [0.05, 0.1) is 5.03 Å². The van der Waals surface area contributed by atoms with Gasteiger partial charge in [0.2, 0.25) is 0 Å². The van der Waals surface area contributed by atoms with Gasteiger partial charge >= 0.3 is 0 Å². The first-order valence-corrected chi connectivity index (χ1v) is 3.23. The van der Waals surface area contributed by atoms with E-state index in [9.17, 15) is 9.90 Å². The summed E-state index contributed by atoms with van der Waals surface area (Å²) >= 11 is 5.45. The van der Waals surface area contributed by atoms with Crippen molar-refractivity contribution in [3.8, 4) is 0 Å². The lowest BCUT2D eigenvalue weighted by molar-refractivity contribution is -0.111. The van der Waals surface area contributed by atoms with E-state index < -0.39 is 5.60 Å². The van der Waals surface area contributed by atoms with Crippen molar-refractivity contribution in [3.05, 3.63) is 23.3 Å². The molecule has 0 saturated heterocycles. The topological polar surface area (TPSA) is 37.3 Å². The molecule has 0 radical (unpaired) electrons. The van der Waals surface area contributed by atoms with Crippen molar-refractivity contribution in [2.45, 2.75) is 12.5 Å². The molecule has 1 atom stereocenters. The molecule has 0 aromatic carbocycles. The highest BCUT2D eigenvalue weighted by Crippen LogP contribution is 2.19. The summed E-state index contributed by atoms with van der Waals surface area (Å²) in [7, 11) is 0. The third-order valence-corrected chi connectivity index (χ3v) is 1.52. The van der Waals surface area contributed by atoms with E-state index in [1.54, 1.807) is 6.92 Å². The number of hydrogen-bond donors (Lipinski definition) is 1. The lowest BCUT2D eigenvalue weighted by Gasteiger charge is -2.16. The molecule has 1 aliphatic carbocycles. The zero-order valence-electron chi connectivity index (χ0n) is 5.47. The zero-order chi connectivity index (χ0) is 7.78. The summed E-state index contributed by atoms with van der Waals surface area (Å²) in [5.74, 6) is -0.256. The van der Waals surface area contributed by atoms with Crippen LogP contribution >= 0.6 is 11.6 Å². The Morgan fingerprint density at radius 3 is 2.70 bits per heavy atom. The van der Waals surface area contributed by atoms with Gasteiger partial charge in [0.15, 0.2) is 5.78 Å². The fourth-order valence-corrected chi connectivity index (χ4v) is 0.984. The Morgan fingerprint density at radius 2 is 2.30 bits per heavy atom. The Labute approximate surface area is 63.8 Å². The molecule has 0 aromatic rings. The number of aliphatic hydroxyl groups is 1. The van der Waals surface area contributed by atoms with Crippen molar-refractivity contribution in [1.29, 1.82) is 0 Å². The Hall–Kier alpha value is -0.600. The van der Waals surface area contributed by atoms with Gasteiger partial charge in [-0.3, -0.25) is 4.79 Å². The molecule has 0 aliphatic heterocycles. The number of ketones is 1. The molecule has 1 aliphatic rings. The molecule has 0 bridgehead atoms. The van der Waals surface area contributed by atoms with Gasteiger partial charge in [-0.05, 0) is 25.2 Å². The minimum absolute atomic E-state index is 0.0764. The van der Waals surface area contributed by atoms with Gasteiger partial charge in [-0.2, -0.15) is 0 Å². The molecule has 0 fully saturated rings. The van der Waals surface area contributed by atoms with Gasteiger partial charge in [0.1, 0.15) is 5.60 Å². The van der Waals surface area contributed by atoms with Crippen molar-refractivity contribution in [1.82, 2.24) is 0 Å². The average molecular weight is 159 g/mol. The molecule has 0 spiro atoms. The van der Waals surface area contributed by atoms with E-state index in [0.717, 1.165) is 0 Å². The fourth-order valence-electron chi connectivity index (χ4n) is 0.700. The highest BCUT2D eigenvalue weighted by molar-refractivity contribution is 6.44. The third kappa shape index (κ3) is 1.46. The summed E-state index contributed by atoms with van der Waals surface area (Å²) in [6.07, 6.45) is 3.99. The van der Waals surface area contributed by atoms with Crippen LogP contribution in [0.5, 0.6) is 0 Å². The molecular formula is C7H7ClO2. The predicted molar refractivity (Wildman–Crippen MR) is 38.7 cm³/mol. The van der Waals surface area contributed by atoms with Gasteiger partial charge < -0.3 is 5.11 Å². The quantitative estimate of drug-likeness (QED) is 0.571. The van der Waals surface area contributed by atoms with Gasteiger partial charge in [-0.15, -0.1) is 0 Å². The zero-order valence-corrected chi connectivity index (χ0v) is 6.22. The summed E-state index contributed by atoms with van der Waals surface area (Å²) in [5.41, 5.74) is -1.06. The van der Waals surface area contributed by atoms with Crippen LogP contribution in [0, 0.1) is 0 Å². The van der Waals surface area contributed by atoms with E-state index >= 15 is 0 Å². The van der Waals surface area contributed by atoms with E-state index in [-0.39, 0.29) is 10.8 Å². The van der Waals surface area contributed by atoms with Gasteiger partial charge in [0.25, 0.3) is 0 Å². The molecule has 1 N–H and O–H groups in total. The first-order chi connectivity index (χ1) is 4.51. The SMILES string of the molecule is CC1(O)C=CC(=O)C(Cl)=C1. The van der Waals surface area contributed by atoms with E-state index in [1.165, 1.54) is 18.2 Å². The third-order valence-electron chi connectivity index (χ3n) is 1.23. The molecule has 0 heterocycles. The maximum Gasteiger partial charge on any atom is 0.196 e. The lowest BCUT2D eigenvalue weighted by Crippen LogP contribution is -2.21. The summed E-state index contributed by atoms with van der Waals surface area (Å²) < 4.78 is 0. The molecule has 54 valence electrons. The molecular weight excluding hydrogens is 152 g/mol. The Morgan fingerprint density at radius 1 is 1.70 bits per heavy atom. The number of hydrogen-bond acceptors (Lipinski definition) is 2. The van der Waals surface area contributed by atoms with Crippen molar-refractivity contribution >= 4 is 17.4 Å². The molecule has 1 rings (SSSR count). The predicted octanol–water partition coefficient (Wildman–Crippen LogP) is 0.999. The lowest BCUT2D eigenvalue weighted by atomic mass is 10.0. The molecule has 0 saturated carbocycles. The minimum atomic E-state index is -1.06. The number of carbonyl (C=O) groups excluding carboxylic acids is 1. The standard InChI is InChI=1S/C7H7ClO2/c1-7(10)3-2-6(9)5(8)4-7/h2-4,10H,1H3. The number of halogens is 1. The summed E-state index contributed by atoms with van der Waals surface area (Å²) in [6, 6.07) is 0. The monoisotopic (exact) mass is 158 g/mol. The second-order valence-electron chi connectivity index (χ2n) is 2.42. The smallest absolute Gasteiger partial charge is 0.196 e. The van der Waals surface area contributed by atoms with Crippen molar-refractivity contribution in [2.75, 3.05) is 0 Å². The first-order valence-electron chi connectivity index (χ1n) is 2.85. The van der Waals surface area contributed by atoms with Crippen molar-refractivity contribution in [2.24, 2.45) is 0 Å². The number of allylic oxidation sites excluding steroid dienone is 2. The summed E-state index contributed by atoms with van der Waals surface area (Å²) in [6.45, 7) is 1.55. The van der Waals surface area contributed by atoms with E-state index in [2.05, 4.69) is 0 Å². The highest BCUT2D eigenvalue weighted by Gasteiger charge is 2.20. The van der Waals surface area contributed by atoms with Crippen LogP contribution in [0.1, 0.15) is 6.92 Å². The van der Waals surface area contributed by atoms with E-state index in [1.807, 2.05) is 0 Å². The maximum atomic E-state index is 10.7. The van der Waals surface area contributed by atoms with Crippen LogP contribution in [0.2, 0.25) is 0 Å².